The molecule has 2 unspecified atom stereocenters. The molecule has 2 saturated heterocycles. The fraction of sp³-hybridized carbons (Fsp3) is 0.636. The van der Waals surface area contributed by atoms with Crippen LogP contribution in [0.15, 0.2) is 60.7 Å². The van der Waals surface area contributed by atoms with Crippen molar-refractivity contribution >= 4 is 0 Å². The van der Waals surface area contributed by atoms with Crippen molar-refractivity contribution in [3.63, 3.8) is 0 Å². The molecular formula is C33H48N2O9. The van der Waals surface area contributed by atoms with Crippen LogP contribution >= 0.6 is 0 Å². The van der Waals surface area contributed by atoms with Crippen LogP contribution in [0.5, 0.6) is 0 Å². The first-order valence-corrected chi connectivity index (χ1v) is 15.7. The quantitative estimate of drug-likeness (QED) is 0.215. The largest absolute Gasteiger partial charge is 0.390 e. The van der Waals surface area contributed by atoms with Crippen molar-refractivity contribution in [3.8, 4) is 0 Å². The molecule has 2 aromatic carbocycles. The molecular weight excluding hydrogens is 568 g/mol. The topological polar surface area (TPSA) is 167 Å². The Bertz CT molecular complexity index is 1050. The minimum atomic E-state index is -1.39. The van der Waals surface area contributed by atoms with Crippen molar-refractivity contribution in [2.75, 3.05) is 26.3 Å². The Labute approximate surface area is 259 Å². The van der Waals surface area contributed by atoms with E-state index < -0.39 is 55.3 Å². The van der Waals surface area contributed by atoms with Gasteiger partial charge in [0, 0.05) is 36.3 Å². The molecule has 244 valence electrons. The van der Waals surface area contributed by atoms with E-state index in [1.165, 1.54) is 0 Å². The average molecular weight is 617 g/mol. The highest BCUT2D eigenvalue weighted by Crippen LogP contribution is 2.32. The third-order valence-corrected chi connectivity index (χ3v) is 9.15. The van der Waals surface area contributed by atoms with Crippen LogP contribution in [-0.4, -0.2) is 112 Å². The SMILES string of the molecule is C[C@@H](CN(C[C@H](O)[C@@H](O)[C@@H]1OC(c2ccccc2)OC[C@H]1O)C1CCC(N)CC1)[C@@H](O)[C@@H]1OC(c2ccccc2)OC[C@H]1O. The first-order valence-electron chi connectivity index (χ1n) is 15.7. The zero-order chi connectivity index (χ0) is 31.2. The second-order valence-corrected chi connectivity index (χ2v) is 12.5. The lowest BCUT2D eigenvalue weighted by Gasteiger charge is -2.43. The Hall–Kier alpha value is -2.00. The molecule has 0 spiro atoms. The lowest BCUT2D eigenvalue weighted by molar-refractivity contribution is -0.284. The molecule has 11 nitrogen and oxygen atoms in total. The molecule has 2 aromatic rings. The van der Waals surface area contributed by atoms with Crippen LogP contribution in [0.2, 0.25) is 0 Å². The van der Waals surface area contributed by atoms with Crippen molar-refractivity contribution in [3.05, 3.63) is 71.8 Å². The number of aliphatic hydroxyl groups excluding tert-OH is 5. The maximum absolute atomic E-state index is 11.4. The molecule has 2 aliphatic heterocycles. The number of aliphatic hydroxyl groups is 5. The summed E-state index contributed by atoms with van der Waals surface area (Å²) < 4.78 is 23.4. The van der Waals surface area contributed by atoms with Gasteiger partial charge in [-0.2, -0.15) is 0 Å². The van der Waals surface area contributed by atoms with Gasteiger partial charge in [0.1, 0.15) is 30.5 Å². The second-order valence-electron chi connectivity index (χ2n) is 12.5. The van der Waals surface area contributed by atoms with Crippen LogP contribution in [0.3, 0.4) is 0 Å². The zero-order valence-corrected chi connectivity index (χ0v) is 25.3. The molecule has 3 aliphatic rings. The predicted octanol–water partition coefficient (Wildman–Crippen LogP) is 1.23. The maximum atomic E-state index is 11.4. The van der Waals surface area contributed by atoms with Crippen molar-refractivity contribution in [2.45, 2.75) is 100.0 Å². The van der Waals surface area contributed by atoms with Crippen LogP contribution in [0, 0.1) is 5.92 Å². The Morgan fingerprint density at radius 3 is 1.70 bits per heavy atom. The summed E-state index contributed by atoms with van der Waals surface area (Å²) in [4.78, 5) is 2.08. The van der Waals surface area contributed by atoms with Crippen molar-refractivity contribution in [1.29, 1.82) is 0 Å². The Morgan fingerprint density at radius 1 is 0.727 bits per heavy atom. The molecule has 0 bridgehead atoms. The van der Waals surface area contributed by atoms with Crippen LogP contribution in [0.4, 0.5) is 0 Å². The standard InChI is InChI=1S/C33H48N2O9/c1-20(28(39)30-26(37)18-41-32(43-30)21-8-4-2-5-9-21)16-35(24-14-12-23(34)13-15-24)17-25(36)29(40)31-27(38)19-42-33(44-31)22-10-6-3-7-11-22/h2-11,20,23-33,36-40H,12-19,34H2,1H3/t20-,23?,24?,25-,26+,27+,28+,29+,30+,31+,32?,33?/m0/s1. The van der Waals surface area contributed by atoms with E-state index in [0.29, 0.717) is 6.54 Å². The van der Waals surface area contributed by atoms with Crippen LogP contribution in [0.25, 0.3) is 0 Å². The Morgan fingerprint density at radius 2 is 1.20 bits per heavy atom. The summed E-state index contributed by atoms with van der Waals surface area (Å²) >= 11 is 0. The zero-order valence-electron chi connectivity index (χ0n) is 25.3. The predicted molar refractivity (Wildman–Crippen MR) is 161 cm³/mol. The highest BCUT2D eigenvalue weighted by molar-refractivity contribution is 5.17. The van der Waals surface area contributed by atoms with Crippen molar-refractivity contribution in [1.82, 2.24) is 4.90 Å². The van der Waals surface area contributed by atoms with Gasteiger partial charge in [-0.1, -0.05) is 67.6 Å². The lowest BCUT2D eigenvalue weighted by Crippen LogP contribution is -2.56. The number of nitrogens with zero attached hydrogens (tertiary/aromatic N) is 1. The van der Waals surface area contributed by atoms with Gasteiger partial charge in [-0.3, -0.25) is 4.90 Å². The normalized spacial score (nSPS) is 34.3. The Balaban J connectivity index is 1.25. The summed E-state index contributed by atoms with van der Waals surface area (Å²) in [5.41, 5.74) is 7.73. The van der Waals surface area contributed by atoms with Gasteiger partial charge in [-0.05, 0) is 31.6 Å². The van der Waals surface area contributed by atoms with E-state index in [1.54, 1.807) is 0 Å². The summed E-state index contributed by atoms with van der Waals surface area (Å²) in [5, 5.41) is 55.3. The van der Waals surface area contributed by atoms with E-state index in [4.69, 9.17) is 24.7 Å². The summed E-state index contributed by atoms with van der Waals surface area (Å²) in [7, 11) is 0. The van der Waals surface area contributed by atoms with Gasteiger partial charge < -0.3 is 50.2 Å². The number of benzene rings is 2. The number of ether oxygens (including phenoxy) is 4. The second kappa shape index (κ2) is 15.5. The molecule has 11 heteroatoms. The van der Waals surface area contributed by atoms with Gasteiger partial charge in [0.15, 0.2) is 12.6 Å². The van der Waals surface area contributed by atoms with Gasteiger partial charge >= 0.3 is 0 Å². The highest BCUT2D eigenvalue weighted by Gasteiger charge is 2.42. The van der Waals surface area contributed by atoms with Crippen molar-refractivity contribution in [2.24, 2.45) is 11.7 Å². The van der Waals surface area contributed by atoms with Gasteiger partial charge in [-0.25, -0.2) is 0 Å². The molecule has 0 amide bonds. The maximum Gasteiger partial charge on any atom is 0.184 e. The lowest BCUT2D eigenvalue weighted by atomic mass is 9.88. The smallest absolute Gasteiger partial charge is 0.184 e. The van der Waals surface area contributed by atoms with E-state index >= 15 is 0 Å². The summed E-state index contributed by atoms with van der Waals surface area (Å²) in [6.07, 6.45) is -5.92. The van der Waals surface area contributed by atoms with E-state index in [-0.39, 0.29) is 37.8 Å². The fourth-order valence-corrected chi connectivity index (χ4v) is 6.50. The fourth-order valence-electron chi connectivity index (χ4n) is 6.50. The number of hydrogen-bond acceptors (Lipinski definition) is 11. The number of hydrogen-bond donors (Lipinski definition) is 6. The summed E-state index contributed by atoms with van der Waals surface area (Å²) in [6, 6.07) is 18.8. The van der Waals surface area contributed by atoms with Crippen LogP contribution in [0.1, 0.15) is 56.3 Å². The molecule has 2 heterocycles. The average Bonchev–Trinajstić information content (AvgIpc) is 3.05. The molecule has 44 heavy (non-hydrogen) atoms. The monoisotopic (exact) mass is 616 g/mol. The van der Waals surface area contributed by atoms with Crippen LogP contribution in [-0.2, 0) is 18.9 Å². The summed E-state index contributed by atoms with van der Waals surface area (Å²) in [6.45, 7) is 2.33. The van der Waals surface area contributed by atoms with E-state index in [2.05, 4.69) is 4.90 Å². The summed E-state index contributed by atoms with van der Waals surface area (Å²) in [5.74, 6) is -0.364. The molecule has 10 atom stereocenters. The molecule has 1 saturated carbocycles. The Kier molecular flexibility index (Phi) is 11.8. The molecule has 7 N–H and O–H groups in total. The molecule has 5 rings (SSSR count). The third-order valence-electron chi connectivity index (χ3n) is 9.15. The van der Waals surface area contributed by atoms with Gasteiger partial charge in [0.05, 0.1) is 25.4 Å². The first kappa shape index (κ1) is 33.4. The molecule has 0 radical (unpaired) electrons. The van der Waals surface area contributed by atoms with E-state index in [1.807, 2.05) is 67.6 Å². The highest BCUT2D eigenvalue weighted by atomic mass is 16.7. The van der Waals surface area contributed by atoms with Gasteiger partial charge in [0.2, 0.25) is 0 Å². The van der Waals surface area contributed by atoms with Crippen LogP contribution < -0.4 is 5.73 Å². The molecule has 1 aliphatic carbocycles. The minimum absolute atomic E-state index is 0.0283. The first-order chi connectivity index (χ1) is 21.2. The third kappa shape index (κ3) is 8.23. The molecule has 3 fully saturated rings. The molecule has 0 aromatic heterocycles. The van der Waals surface area contributed by atoms with Gasteiger partial charge in [-0.15, -0.1) is 0 Å². The van der Waals surface area contributed by atoms with Gasteiger partial charge in [0.25, 0.3) is 0 Å². The van der Waals surface area contributed by atoms with E-state index in [9.17, 15) is 25.5 Å². The number of rotatable bonds is 11. The van der Waals surface area contributed by atoms with Crippen molar-refractivity contribution < 1.29 is 44.5 Å². The number of nitrogens with two attached hydrogens (primary N) is 1. The minimum Gasteiger partial charge on any atom is -0.390 e. The van der Waals surface area contributed by atoms with E-state index in [0.717, 1.165) is 36.8 Å².